The molecule has 0 unspecified atom stereocenters. The molecule has 0 fully saturated rings. The number of carbonyl (C=O) groups is 1. The fourth-order valence-corrected chi connectivity index (χ4v) is 2.57. The minimum atomic E-state index is -0.162. The van der Waals surface area contributed by atoms with Gasteiger partial charge in [-0.25, -0.2) is 0 Å². The third-order valence-corrected chi connectivity index (χ3v) is 4.09. The number of para-hydroxylation sites is 2. The van der Waals surface area contributed by atoms with E-state index < -0.39 is 0 Å². The van der Waals surface area contributed by atoms with Gasteiger partial charge in [-0.1, -0.05) is 52.2 Å². The Morgan fingerprint density at radius 3 is 2.41 bits per heavy atom. The molecule has 0 aromatic heterocycles. The van der Waals surface area contributed by atoms with Crippen LogP contribution in [0.1, 0.15) is 56.8 Å². The number of unbranched alkanes of at least 4 members (excludes halogenated alkanes) is 3. The van der Waals surface area contributed by atoms with Crippen molar-refractivity contribution in [1.29, 1.82) is 0 Å². The molecule has 2 aromatic carbocycles. The largest absolute Gasteiger partial charge is 0.494 e. The molecule has 0 spiro atoms. The van der Waals surface area contributed by atoms with Crippen molar-refractivity contribution in [2.45, 2.75) is 46.5 Å². The average Bonchev–Trinajstić information content (AvgIpc) is 2.67. The van der Waals surface area contributed by atoms with E-state index in [4.69, 9.17) is 9.47 Å². The summed E-state index contributed by atoms with van der Waals surface area (Å²) in [6, 6.07) is 14.8. The summed E-state index contributed by atoms with van der Waals surface area (Å²) in [5.74, 6) is 1.74. The molecular formula is C23H31NO3. The van der Waals surface area contributed by atoms with Crippen LogP contribution in [-0.4, -0.2) is 19.1 Å². The lowest BCUT2D eigenvalue weighted by Gasteiger charge is -2.14. The lowest BCUT2D eigenvalue weighted by atomic mass is 10.2. The van der Waals surface area contributed by atoms with Gasteiger partial charge in [0.1, 0.15) is 11.5 Å². The molecule has 146 valence electrons. The molecule has 2 rings (SSSR count). The molecular weight excluding hydrogens is 338 g/mol. The van der Waals surface area contributed by atoms with E-state index in [0.717, 1.165) is 12.2 Å². The van der Waals surface area contributed by atoms with Crippen LogP contribution in [0.5, 0.6) is 11.5 Å². The lowest BCUT2D eigenvalue weighted by Crippen LogP contribution is -2.14. The van der Waals surface area contributed by atoms with Crippen LogP contribution < -0.4 is 14.8 Å². The van der Waals surface area contributed by atoms with Crippen molar-refractivity contribution in [3.8, 4) is 11.5 Å². The number of amides is 1. The zero-order chi connectivity index (χ0) is 19.5. The van der Waals surface area contributed by atoms with Gasteiger partial charge in [0.15, 0.2) is 0 Å². The maximum Gasteiger partial charge on any atom is 0.255 e. The summed E-state index contributed by atoms with van der Waals surface area (Å²) < 4.78 is 11.5. The van der Waals surface area contributed by atoms with Gasteiger partial charge in [0.2, 0.25) is 0 Å². The second-order valence-electron chi connectivity index (χ2n) is 7.09. The fraction of sp³-hybridized carbons (Fsp3) is 0.435. The molecule has 1 amide bonds. The Morgan fingerprint density at radius 2 is 1.70 bits per heavy atom. The van der Waals surface area contributed by atoms with Crippen molar-refractivity contribution in [3.05, 3.63) is 54.1 Å². The van der Waals surface area contributed by atoms with E-state index in [1.54, 1.807) is 12.1 Å². The highest BCUT2D eigenvalue weighted by molar-refractivity contribution is 6.05. The highest BCUT2D eigenvalue weighted by Gasteiger charge is 2.10. The van der Waals surface area contributed by atoms with Gasteiger partial charge in [-0.15, -0.1) is 0 Å². The van der Waals surface area contributed by atoms with E-state index in [2.05, 4.69) is 26.1 Å². The number of benzene rings is 2. The van der Waals surface area contributed by atoms with E-state index in [-0.39, 0.29) is 5.91 Å². The van der Waals surface area contributed by atoms with E-state index in [1.807, 2.05) is 36.4 Å². The van der Waals surface area contributed by atoms with Crippen molar-refractivity contribution >= 4 is 11.6 Å². The molecule has 0 aliphatic carbocycles. The van der Waals surface area contributed by atoms with Gasteiger partial charge in [0.05, 0.1) is 18.9 Å². The topological polar surface area (TPSA) is 47.6 Å². The lowest BCUT2D eigenvalue weighted by molar-refractivity contribution is 0.102. The summed E-state index contributed by atoms with van der Waals surface area (Å²) in [5, 5.41) is 2.93. The van der Waals surface area contributed by atoms with Crippen LogP contribution in [0.15, 0.2) is 48.5 Å². The van der Waals surface area contributed by atoms with Gasteiger partial charge in [-0.3, -0.25) is 4.79 Å². The first-order valence-electron chi connectivity index (χ1n) is 9.86. The second kappa shape index (κ2) is 11.3. The Kier molecular flexibility index (Phi) is 8.69. The minimum absolute atomic E-state index is 0.162. The van der Waals surface area contributed by atoms with Crippen LogP contribution >= 0.6 is 0 Å². The number of anilines is 1. The smallest absolute Gasteiger partial charge is 0.255 e. The molecule has 0 aliphatic heterocycles. The number of carbonyl (C=O) groups excluding carboxylic acids is 1. The van der Waals surface area contributed by atoms with Crippen LogP contribution in [0, 0.1) is 5.92 Å². The normalized spacial score (nSPS) is 10.7. The molecule has 1 N–H and O–H groups in total. The van der Waals surface area contributed by atoms with Gasteiger partial charge in [0, 0.05) is 5.56 Å². The summed E-state index contributed by atoms with van der Waals surface area (Å²) in [6.07, 6.45) is 4.71. The van der Waals surface area contributed by atoms with Gasteiger partial charge in [-0.2, -0.15) is 0 Å². The van der Waals surface area contributed by atoms with E-state index in [9.17, 15) is 4.79 Å². The number of rotatable bonds is 11. The molecule has 0 aliphatic rings. The second-order valence-corrected chi connectivity index (χ2v) is 7.09. The summed E-state index contributed by atoms with van der Waals surface area (Å²) >= 11 is 0. The van der Waals surface area contributed by atoms with Crippen LogP contribution in [0.2, 0.25) is 0 Å². The maximum atomic E-state index is 12.5. The first kappa shape index (κ1) is 20.8. The first-order valence-corrected chi connectivity index (χ1v) is 9.86. The molecule has 27 heavy (non-hydrogen) atoms. The minimum Gasteiger partial charge on any atom is -0.494 e. The predicted molar refractivity (Wildman–Crippen MR) is 111 cm³/mol. The van der Waals surface area contributed by atoms with Crippen molar-refractivity contribution < 1.29 is 14.3 Å². The van der Waals surface area contributed by atoms with E-state index in [1.165, 1.54) is 19.3 Å². The van der Waals surface area contributed by atoms with Crippen molar-refractivity contribution in [2.75, 3.05) is 18.5 Å². The zero-order valence-electron chi connectivity index (χ0n) is 16.7. The Labute approximate surface area is 162 Å². The maximum absolute atomic E-state index is 12.5. The molecule has 0 bridgehead atoms. The molecule has 0 saturated carbocycles. The molecule has 4 nitrogen and oxygen atoms in total. The van der Waals surface area contributed by atoms with Crippen LogP contribution in [0.25, 0.3) is 0 Å². The highest BCUT2D eigenvalue weighted by Crippen LogP contribution is 2.25. The Morgan fingerprint density at radius 1 is 0.963 bits per heavy atom. The van der Waals surface area contributed by atoms with Gasteiger partial charge < -0.3 is 14.8 Å². The first-order chi connectivity index (χ1) is 13.1. The summed E-state index contributed by atoms with van der Waals surface area (Å²) in [4.78, 5) is 12.5. The fourth-order valence-electron chi connectivity index (χ4n) is 2.57. The van der Waals surface area contributed by atoms with Gasteiger partial charge >= 0.3 is 0 Å². The number of nitrogens with one attached hydrogen (secondary N) is 1. The van der Waals surface area contributed by atoms with Crippen LogP contribution in [-0.2, 0) is 0 Å². The molecule has 0 saturated heterocycles. The SMILES string of the molecule is CCCCCCOc1ccc(C(=O)Nc2ccccc2OCC(C)C)cc1. The Hall–Kier alpha value is -2.49. The molecule has 0 heterocycles. The van der Waals surface area contributed by atoms with Gasteiger partial charge in [0.25, 0.3) is 5.91 Å². The number of ether oxygens (including phenoxy) is 2. The van der Waals surface area contributed by atoms with E-state index in [0.29, 0.717) is 36.1 Å². The quantitative estimate of drug-likeness (QED) is 0.499. The molecule has 4 heteroatoms. The number of hydrogen-bond donors (Lipinski definition) is 1. The summed E-state index contributed by atoms with van der Waals surface area (Å²) in [7, 11) is 0. The van der Waals surface area contributed by atoms with Crippen molar-refractivity contribution in [3.63, 3.8) is 0 Å². The van der Waals surface area contributed by atoms with Crippen LogP contribution in [0.3, 0.4) is 0 Å². The summed E-state index contributed by atoms with van der Waals surface area (Å²) in [6.45, 7) is 7.70. The standard InChI is InChI=1S/C23H31NO3/c1-4-5-6-9-16-26-20-14-12-19(13-15-20)23(25)24-21-10-7-8-11-22(21)27-17-18(2)3/h7-8,10-15,18H,4-6,9,16-17H2,1-3H3,(H,24,25). The van der Waals surface area contributed by atoms with Crippen molar-refractivity contribution in [2.24, 2.45) is 5.92 Å². The predicted octanol–water partition coefficient (Wildman–Crippen LogP) is 5.93. The monoisotopic (exact) mass is 369 g/mol. The van der Waals surface area contributed by atoms with Crippen molar-refractivity contribution in [1.82, 2.24) is 0 Å². The molecule has 0 radical (unpaired) electrons. The summed E-state index contributed by atoms with van der Waals surface area (Å²) in [5.41, 5.74) is 1.27. The van der Waals surface area contributed by atoms with E-state index >= 15 is 0 Å². The van der Waals surface area contributed by atoms with Crippen LogP contribution in [0.4, 0.5) is 5.69 Å². The van der Waals surface area contributed by atoms with Gasteiger partial charge in [-0.05, 0) is 48.7 Å². The Bertz CT molecular complexity index is 695. The zero-order valence-corrected chi connectivity index (χ0v) is 16.7. The highest BCUT2D eigenvalue weighted by atomic mass is 16.5. The average molecular weight is 370 g/mol. The molecule has 2 aromatic rings. The molecule has 0 atom stereocenters. The Balaban J connectivity index is 1.91. The third-order valence-electron chi connectivity index (χ3n) is 4.09. The number of hydrogen-bond acceptors (Lipinski definition) is 3. The third kappa shape index (κ3) is 7.33.